The number of aromatic nitrogens is 5. The normalized spacial score (nSPS) is 18.0. The van der Waals surface area contributed by atoms with Gasteiger partial charge in [-0.1, -0.05) is 23.6 Å². The second-order valence-corrected chi connectivity index (χ2v) is 14.1. The Labute approximate surface area is 301 Å². The predicted molar refractivity (Wildman–Crippen MR) is 179 cm³/mol. The molecular formula is C36H29ClF7N7O2. The van der Waals surface area contributed by atoms with Crippen molar-refractivity contribution in [2.75, 3.05) is 5.73 Å². The zero-order valence-corrected chi connectivity index (χ0v) is 28.8. The first-order valence-corrected chi connectivity index (χ1v) is 16.6. The number of nitrogens with zero attached hydrogens (tertiary/aromatic N) is 5. The number of fused-ring (bicyclic) bond motifs is 4. The van der Waals surface area contributed by atoms with Crippen LogP contribution in [-0.2, 0) is 36.9 Å². The average molecular weight is 760 g/mol. The summed E-state index contributed by atoms with van der Waals surface area (Å²) in [5, 5.41) is 21.3. The topological polar surface area (TPSA) is 124 Å². The fraction of sp³-hybridized carbons (Fsp3) is 0.333. The molecule has 9 nitrogen and oxygen atoms in total. The number of nitrogen functional groups attached to an aromatic ring is 1. The Morgan fingerprint density at radius 1 is 1.11 bits per heavy atom. The number of carbonyl (C=O) groups excluding carboxylic acids is 1. The first kappa shape index (κ1) is 36.2. The van der Waals surface area contributed by atoms with Crippen LogP contribution in [0.3, 0.4) is 0 Å². The van der Waals surface area contributed by atoms with E-state index < -0.39 is 76.6 Å². The van der Waals surface area contributed by atoms with Crippen molar-refractivity contribution < 1.29 is 40.6 Å². The molecule has 0 saturated heterocycles. The molecule has 3 heterocycles. The van der Waals surface area contributed by atoms with Crippen LogP contribution in [0.2, 0.25) is 5.02 Å². The Morgan fingerprint density at radius 3 is 2.45 bits per heavy atom. The van der Waals surface area contributed by atoms with E-state index in [0.717, 1.165) is 12.1 Å². The van der Waals surface area contributed by atoms with Crippen molar-refractivity contribution >= 4 is 34.2 Å². The summed E-state index contributed by atoms with van der Waals surface area (Å²) in [7, 11) is 1.61. The smallest absolute Gasteiger partial charge is 0.382 e. The zero-order chi connectivity index (χ0) is 38.4. The van der Waals surface area contributed by atoms with Gasteiger partial charge in [-0.2, -0.15) is 32.1 Å². The maximum atomic E-state index is 15.3. The van der Waals surface area contributed by atoms with Crippen LogP contribution in [0.4, 0.5) is 36.6 Å². The molecule has 2 aliphatic rings. The Hall–Kier alpha value is -5.14. The van der Waals surface area contributed by atoms with Crippen LogP contribution in [0.15, 0.2) is 42.5 Å². The molecule has 1 saturated carbocycles. The maximum absolute atomic E-state index is 15.3. The number of benzene rings is 2. The Bertz CT molecular complexity index is 2370. The molecule has 1 fully saturated rings. The lowest BCUT2D eigenvalue weighted by Gasteiger charge is -2.23. The van der Waals surface area contributed by atoms with Crippen LogP contribution in [-0.4, -0.2) is 41.2 Å². The van der Waals surface area contributed by atoms with Crippen LogP contribution in [0, 0.1) is 29.4 Å². The van der Waals surface area contributed by atoms with Gasteiger partial charge in [0.1, 0.15) is 35.2 Å². The van der Waals surface area contributed by atoms with E-state index in [2.05, 4.69) is 32.3 Å². The molecule has 0 spiro atoms. The number of alkyl halides is 5. The summed E-state index contributed by atoms with van der Waals surface area (Å²) in [6.07, 6.45) is -5.51. The molecule has 2 aromatic carbocycles. The molecule has 5 aromatic rings. The molecule has 0 unspecified atom stereocenters. The van der Waals surface area contributed by atoms with Crippen molar-refractivity contribution in [3.05, 3.63) is 93.0 Å². The minimum Gasteiger partial charge on any atom is -0.382 e. The summed E-state index contributed by atoms with van der Waals surface area (Å²) in [5.41, 5.74) is 3.10. The molecule has 4 N–H and O–H groups in total. The van der Waals surface area contributed by atoms with E-state index in [1.54, 1.807) is 25.2 Å². The highest BCUT2D eigenvalue weighted by atomic mass is 35.5. The average Bonchev–Trinajstić information content (AvgIpc) is 3.59. The quantitative estimate of drug-likeness (QED) is 0.124. The molecule has 2 aliphatic carbocycles. The van der Waals surface area contributed by atoms with Gasteiger partial charge in [0.05, 0.1) is 27.7 Å². The summed E-state index contributed by atoms with van der Waals surface area (Å²) in [6.45, 7) is 1.84. The van der Waals surface area contributed by atoms with Crippen LogP contribution in [0.5, 0.6) is 0 Å². The van der Waals surface area contributed by atoms with Gasteiger partial charge in [-0.15, -0.1) is 0 Å². The highest BCUT2D eigenvalue weighted by Gasteiger charge is 2.68. The number of anilines is 1. The molecule has 1 amide bonds. The third-order valence-corrected chi connectivity index (χ3v) is 9.51. The van der Waals surface area contributed by atoms with Crippen LogP contribution in [0.1, 0.15) is 66.1 Å². The van der Waals surface area contributed by atoms with Crippen molar-refractivity contribution in [2.24, 2.45) is 13.0 Å². The number of rotatable bonds is 7. The van der Waals surface area contributed by atoms with E-state index in [1.165, 1.54) is 24.6 Å². The fourth-order valence-electron chi connectivity index (χ4n) is 7.03. The summed E-state index contributed by atoms with van der Waals surface area (Å²) < 4.78 is 103. The van der Waals surface area contributed by atoms with Crippen LogP contribution in [0.25, 0.3) is 22.0 Å². The van der Waals surface area contributed by atoms with E-state index in [4.69, 9.17) is 17.3 Å². The first-order chi connectivity index (χ1) is 24.7. The molecular weight excluding hydrogens is 731 g/mol. The zero-order valence-electron chi connectivity index (χ0n) is 28.1. The number of nitrogens with one attached hydrogen (secondary N) is 1. The summed E-state index contributed by atoms with van der Waals surface area (Å²) in [6, 6.07) is 7.68. The summed E-state index contributed by atoms with van der Waals surface area (Å²) >= 11 is 6.48. The second kappa shape index (κ2) is 12.5. The van der Waals surface area contributed by atoms with Gasteiger partial charge in [0.15, 0.2) is 11.5 Å². The van der Waals surface area contributed by atoms with E-state index in [-0.39, 0.29) is 40.6 Å². The summed E-state index contributed by atoms with van der Waals surface area (Å²) in [5.74, 6) is -3.41. The van der Waals surface area contributed by atoms with Gasteiger partial charge in [-0.25, -0.2) is 13.8 Å². The minimum absolute atomic E-state index is 0.0468. The van der Waals surface area contributed by atoms with Gasteiger partial charge < -0.3 is 16.2 Å². The Balaban J connectivity index is 1.37. The van der Waals surface area contributed by atoms with Crippen molar-refractivity contribution in [3.63, 3.8) is 0 Å². The van der Waals surface area contributed by atoms with Crippen molar-refractivity contribution in [3.8, 4) is 23.0 Å². The molecule has 0 radical (unpaired) electrons. The molecule has 7 rings (SSSR count). The third kappa shape index (κ3) is 6.67. The SMILES string of the molecule is Cn1nc(N)c2c(Cl)ccc(-c3ccc(C#CC(C)(C)O)nc3[C@H](Cc3cc(F)cc(F)c3)NC(=O)Cn3nc(C(F)(F)F)c4c3C(F)(F)[C@@H]3C[C@H]43)c21. The van der Waals surface area contributed by atoms with Crippen LogP contribution < -0.4 is 11.1 Å². The Morgan fingerprint density at radius 2 is 1.79 bits per heavy atom. The van der Waals surface area contributed by atoms with Crippen molar-refractivity contribution in [1.29, 1.82) is 0 Å². The largest absolute Gasteiger partial charge is 0.435 e. The monoisotopic (exact) mass is 759 g/mol. The molecule has 17 heteroatoms. The molecule has 3 atom stereocenters. The highest BCUT2D eigenvalue weighted by Crippen LogP contribution is 2.68. The lowest BCUT2D eigenvalue weighted by Crippen LogP contribution is -2.35. The molecule has 53 heavy (non-hydrogen) atoms. The number of nitrogens with two attached hydrogens (primary N) is 1. The van der Waals surface area contributed by atoms with E-state index in [0.29, 0.717) is 32.8 Å². The van der Waals surface area contributed by atoms with Gasteiger partial charge >= 0.3 is 6.18 Å². The van der Waals surface area contributed by atoms with Gasteiger partial charge in [0.2, 0.25) is 5.91 Å². The van der Waals surface area contributed by atoms with E-state index in [1.807, 2.05) is 0 Å². The predicted octanol–water partition coefficient (Wildman–Crippen LogP) is 6.80. The number of amides is 1. The Kier molecular flexibility index (Phi) is 8.53. The van der Waals surface area contributed by atoms with E-state index in [9.17, 15) is 31.9 Å². The van der Waals surface area contributed by atoms with Crippen molar-refractivity contribution in [1.82, 2.24) is 29.9 Å². The maximum Gasteiger partial charge on any atom is 0.435 e. The minimum atomic E-state index is -5.05. The van der Waals surface area contributed by atoms with Gasteiger partial charge in [0.25, 0.3) is 5.92 Å². The van der Waals surface area contributed by atoms with Gasteiger partial charge in [-0.3, -0.25) is 14.2 Å². The molecule has 3 aromatic heterocycles. The number of carbonyl (C=O) groups is 1. The number of aliphatic hydroxyl groups is 1. The number of aryl methyl sites for hydroxylation is 1. The lowest BCUT2D eigenvalue weighted by atomic mass is 9.93. The fourth-order valence-corrected chi connectivity index (χ4v) is 7.28. The number of halogens is 8. The van der Waals surface area contributed by atoms with Crippen LogP contribution >= 0.6 is 11.6 Å². The van der Waals surface area contributed by atoms with E-state index >= 15 is 8.78 Å². The van der Waals surface area contributed by atoms with Gasteiger partial charge in [0, 0.05) is 35.7 Å². The number of pyridine rings is 1. The summed E-state index contributed by atoms with van der Waals surface area (Å²) in [4.78, 5) is 18.5. The molecule has 0 aliphatic heterocycles. The highest BCUT2D eigenvalue weighted by molar-refractivity contribution is 6.37. The molecule has 0 bridgehead atoms. The molecule has 276 valence electrons. The standard InChI is InChI=1S/C36H29ClF7N7O2/c1-34(2,53)9-8-19-4-5-20(21-6-7-24(37)28-30(21)50(3)49-33(28)45)29(46-19)25(12-16-10-17(38)13-18(39)11-16)47-26(52)15-51-32-27(31(48-51)36(42,43)44)22-14-23(22)35(32,40)41/h4-7,10-11,13,22-23,25,53H,12,14-15H2,1-3H3,(H2,45,49)(H,47,52)/t22-,23+,25-/m0/s1. The number of hydrogen-bond acceptors (Lipinski definition) is 6. The second-order valence-electron chi connectivity index (χ2n) is 13.7. The number of hydrogen-bond donors (Lipinski definition) is 3. The third-order valence-electron chi connectivity index (χ3n) is 9.20. The van der Waals surface area contributed by atoms with Gasteiger partial charge in [-0.05, 0) is 74.4 Å². The van der Waals surface area contributed by atoms with Crippen molar-refractivity contribution in [2.45, 2.75) is 62.9 Å². The lowest BCUT2D eigenvalue weighted by molar-refractivity contribution is -0.142. The first-order valence-electron chi connectivity index (χ1n) is 16.2.